The van der Waals surface area contributed by atoms with Gasteiger partial charge >= 0.3 is 6.03 Å². The Morgan fingerprint density at radius 1 is 0.974 bits per heavy atom. The molecule has 1 aliphatic heterocycles. The van der Waals surface area contributed by atoms with Crippen molar-refractivity contribution in [1.29, 1.82) is 0 Å². The number of ether oxygens (including phenoxy) is 2. The number of nitrogens with one attached hydrogen (secondary N) is 1. The van der Waals surface area contributed by atoms with E-state index in [1.165, 1.54) is 12.1 Å². The Morgan fingerprint density at radius 3 is 2.45 bits per heavy atom. The number of nitrogens with zero attached hydrogens (tertiary/aromatic N) is 2. The van der Waals surface area contributed by atoms with Crippen LogP contribution in [0.1, 0.15) is 11.1 Å². The minimum absolute atomic E-state index is 0.154. The lowest BCUT2D eigenvalue weighted by atomic mass is 10.1. The molecule has 1 saturated heterocycles. The highest BCUT2D eigenvalue weighted by atomic mass is 35.5. The van der Waals surface area contributed by atoms with Gasteiger partial charge in [0.05, 0.1) is 19.3 Å². The van der Waals surface area contributed by atoms with Crippen molar-refractivity contribution < 1.29 is 23.9 Å². The largest absolute Gasteiger partial charge is 0.497 e. The van der Waals surface area contributed by atoms with Crippen LogP contribution in [0.2, 0.25) is 5.02 Å². The average Bonchev–Trinajstić information content (AvgIpc) is 3.26. The predicted molar refractivity (Wildman–Crippen MR) is 146 cm³/mol. The van der Waals surface area contributed by atoms with Gasteiger partial charge in [-0.05, 0) is 61.0 Å². The fraction of sp³-hybridized carbons (Fsp3) is 0.138. The number of carbonyl (C=O) groups excluding carboxylic acids is 3. The summed E-state index contributed by atoms with van der Waals surface area (Å²) in [6.07, 6.45) is 3.37. The van der Waals surface area contributed by atoms with Crippen molar-refractivity contribution >= 4 is 52.1 Å². The highest BCUT2D eigenvalue weighted by molar-refractivity contribution is 6.39. The molecule has 38 heavy (non-hydrogen) atoms. The number of methoxy groups -OCH3 is 1. The lowest BCUT2D eigenvalue weighted by Gasteiger charge is -2.26. The molecule has 1 aromatic heterocycles. The van der Waals surface area contributed by atoms with E-state index >= 15 is 0 Å². The first kappa shape index (κ1) is 25.1. The molecule has 192 valence electrons. The second-order valence-electron chi connectivity index (χ2n) is 8.71. The number of hydrogen-bond donors (Lipinski definition) is 1. The number of aryl methyl sites for hydroxylation is 1. The average molecular weight is 530 g/mol. The Bertz CT molecular complexity index is 1590. The quantitative estimate of drug-likeness (QED) is 0.257. The van der Waals surface area contributed by atoms with E-state index in [1.807, 2.05) is 66.2 Å². The predicted octanol–water partition coefficient (Wildman–Crippen LogP) is 5.36. The van der Waals surface area contributed by atoms with Crippen LogP contribution in [-0.4, -0.2) is 36.1 Å². The van der Waals surface area contributed by atoms with Crippen LogP contribution < -0.4 is 19.7 Å². The van der Waals surface area contributed by atoms with Gasteiger partial charge in [0.15, 0.2) is 0 Å². The van der Waals surface area contributed by atoms with E-state index in [2.05, 4.69) is 5.32 Å². The molecule has 1 fully saturated rings. The summed E-state index contributed by atoms with van der Waals surface area (Å²) < 4.78 is 13.1. The number of para-hydroxylation sites is 1. The summed E-state index contributed by atoms with van der Waals surface area (Å²) in [6, 6.07) is 19.0. The molecule has 8 nitrogen and oxygen atoms in total. The summed E-state index contributed by atoms with van der Waals surface area (Å²) in [4.78, 5) is 39.6. The van der Waals surface area contributed by atoms with Crippen LogP contribution in [0.15, 0.2) is 78.5 Å². The first-order chi connectivity index (χ1) is 18.4. The number of halogens is 1. The van der Waals surface area contributed by atoms with Gasteiger partial charge in [-0.1, -0.05) is 35.9 Å². The minimum Gasteiger partial charge on any atom is -0.497 e. The summed E-state index contributed by atoms with van der Waals surface area (Å²) in [5.41, 5.74) is 2.51. The molecule has 0 saturated carbocycles. The third-order valence-corrected chi connectivity index (χ3v) is 6.70. The van der Waals surface area contributed by atoms with Gasteiger partial charge in [-0.3, -0.25) is 14.9 Å². The molecule has 1 N–H and O–H groups in total. The number of carbonyl (C=O) groups is 3. The Hall–Kier alpha value is -4.56. The van der Waals surface area contributed by atoms with E-state index in [9.17, 15) is 14.4 Å². The summed E-state index contributed by atoms with van der Waals surface area (Å²) in [5.74, 6) is -0.0130. The maximum Gasteiger partial charge on any atom is 0.335 e. The van der Waals surface area contributed by atoms with Crippen LogP contribution in [0.5, 0.6) is 11.5 Å². The number of barbiturate groups is 1. The highest BCUT2D eigenvalue weighted by Gasteiger charge is 2.37. The zero-order valence-electron chi connectivity index (χ0n) is 20.7. The van der Waals surface area contributed by atoms with Gasteiger partial charge in [-0.25, -0.2) is 9.69 Å². The maximum atomic E-state index is 13.4. The smallest absolute Gasteiger partial charge is 0.335 e. The van der Waals surface area contributed by atoms with Gasteiger partial charge in [-0.15, -0.1) is 0 Å². The van der Waals surface area contributed by atoms with Crippen LogP contribution in [0.3, 0.4) is 0 Å². The molecule has 0 bridgehead atoms. The Balaban J connectivity index is 1.43. The number of aromatic nitrogens is 1. The SMILES string of the molecule is COc1ccc(OCCn2cc(/C=C3/C(=O)NC(=O)N(c4ccc(C)c(Cl)c4)C3=O)c3ccccc32)cc1. The van der Waals surface area contributed by atoms with E-state index in [0.29, 0.717) is 23.7 Å². The molecule has 9 heteroatoms. The van der Waals surface area contributed by atoms with Crippen molar-refractivity contribution in [2.45, 2.75) is 13.5 Å². The second-order valence-corrected chi connectivity index (χ2v) is 9.12. The van der Waals surface area contributed by atoms with Gasteiger partial charge < -0.3 is 14.0 Å². The molecule has 0 unspecified atom stereocenters. The number of hydrogen-bond acceptors (Lipinski definition) is 5. The van der Waals surface area contributed by atoms with E-state index in [4.69, 9.17) is 21.1 Å². The molecule has 0 aliphatic carbocycles. The lowest BCUT2D eigenvalue weighted by Crippen LogP contribution is -2.54. The van der Waals surface area contributed by atoms with Crippen LogP contribution in [0, 0.1) is 6.92 Å². The van der Waals surface area contributed by atoms with Crippen molar-refractivity contribution in [1.82, 2.24) is 9.88 Å². The first-order valence-electron chi connectivity index (χ1n) is 11.9. The Labute approximate surface area is 224 Å². The van der Waals surface area contributed by atoms with Crippen LogP contribution in [0.25, 0.3) is 17.0 Å². The van der Waals surface area contributed by atoms with Crippen LogP contribution in [-0.2, 0) is 16.1 Å². The number of fused-ring (bicyclic) bond motifs is 1. The number of rotatable bonds is 7. The van der Waals surface area contributed by atoms with Gasteiger partial charge in [0.25, 0.3) is 11.8 Å². The molecular weight excluding hydrogens is 506 g/mol. The minimum atomic E-state index is -0.824. The third-order valence-electron chi connectivity index (χ3n) is 6.29. The molecule has 0 spiro atoms. The topological polar surface area (TPSA) is 89.9 Å². The summed E-state index contributed by atoms with van der Waals surface area (Å²) in [7, 11) is 1.61. The van der Waals surface area contributed by atoms with E-state index in [-0.39, 0.29) is 11.3 Å². The molecule has 4 aromatic rings. The maximum absolute atomic E-state index is 13.4. The molecule has 3 aromatic carbocycles. The number of urea groups is 1. The standard InChI is InChI=1S/C29H24ClN3O5/c1-18-7-8-20(16-25(18)30)33-28(35)24(27(34)31-29(33)36)15-19-17-32(26-6-4-3-5-23(19)26)13-14-38-22-11-9-21(37-2)10-12-22/h3-12,15-17H,13-14H2,1-2H3,(H,31,34,36)/b24-15-. The van der Waals surface area contributed by atoms with Crippen LogP contribution in [0.4, 0.5) is 10.5 Å². The van der Waals surface area contributed by atoms with Crippen LogP contribution >= 0.6 is 11.6 Å². The summed E-state index contributed by atoms with van der Waals surface area (Å²) in [6.45, 7) is 2.75. The van der Waals surface area contributed by atoms with Gasteiger partial charge in [0.1, 0.15) is 23.7 Å². The van der Waals surface area contributed by atoms with Crippen molar-refractivity contribution in [2.24, 2.45) is 0 Å². The number of imide groups is 2. The third kappa shape index (κ3) is 4.86. The Kier molecular flexibility index (Phi) is 6.89. The zero-order chi connectivity index (χ0) is 26.8. The molecule has 5 rings (SSSR count). The fourth-order valence-electron chi connectivity index (χ4n) is 4.28. The first-order valence-corrected chi connectivity index (χ1v) is 12.3. The van der Waals surface area contributed by atoms with Crippen molar-refractivity contribution in [3.05, 3.63) is 94.6 Å². The monoisotopic (exact) mass is 529 g/mol. The molecule has 4 amide bonds. The van der Waals surface area contributed by atoms with Crippen molar-refractivity contribution in [2.75, 3.05) is 18.6 Å². The summed E-state index contributed by atoms with van der Waals surface area (Å²) in [5, 5.41) is 3.52. The zero-order valence-corrected chi connectivity index (χ0v) is 21.5. The molecule has 0 atom stereocenters. The van der Waals surface area contributed by atoms with Crippen molar-refractivity contribution in [3.63, 3.8) is 0 Å². The van der Waals surface area contributed by atoms with E-state index in [0.717, 1.165) is 32.9 Å². The molecule has 0 radical (unpaired) electrons. The normalized spacial score (nSPS) is 14.8. The van der Waals surface area contributed by atoms with E-state index in [1.54, 1.807) is 19.2 Å². The molecule has 1 aliphatic rings. The van der Waals surface area contributed by atoms with Crippen molar-refractivity contribution in [3.8, 4) is 11.5 Å². The molecular formula is C29H24ClN3O5. The molecule has 2 heterocycles. The van der Waals surface area contributed by atoms with Gasteiger partial charge in [0, 0.05) is 27.7 Å². The number of benzene rings is 3. The Morgan fingerprint density at radius 2 is 1.71 bits per heavy atom. The van der Waals surface area contributed by atoms with Gasteiger partial charge in [-0.2, -0.15) is 0 Å². The second kappa shape index (κ2) is 10.4. The van der Waals surface area contributed by atoms with E-state index < -0.39 is 17.8 Å². The van der Waals surface area contributed by atoms with Gasteiger partial charge in [0.2, 0.25) is 0 Å². The number of amides is 4. The fourth-order valence-corrected chi connectivity index (χ4v) is 4.45. The summed E-state index contributed by atoms with van der Waals surface area (Å²) >= 11 is 6.22. The number of anilines is 1. The highest BCUT2D eigenvalue weighted by Crippen LogP contribution is 2.29. The lowest BCUT2D eigenvalue weighted by molar-refractivity contribution is -0.122.